The maximum Gasteiger partial charge on any atom is 0.259 e. The quantitative estimate of drug-likeness (QED) is 0.531. The zero-order chi connectivity index (χ0) is 17.4. The third-order valence-corrected chi connectivity index (χ3v) is 4.41. The van der Waals surface area contributed by atoms with Crippen LogP contribution in [0.3, 0.4) is 0 Å². The number of aromatic amines is 1. The molecule has 4 rings (SSSR count). The number of methoxy groups -OCH3 is 1. The maximum atomic E-state index is 12.6. The summed E-state index contributed by atoms with van der Waals surface area (Å²) >= 11 is 6.01. The molecule has 0 aliphatic heterocycles. The Balaban J connectivity index is 1.72. The Kier molecular flexibility index (Phi) is 3.82. The second-order valence-electron chi connectivity index (χ2n) is 5.73. The number of anilines is 1. The lowest BCUT2D eigenvalue weighted by atomic mass is 10.1. The van der Waals surface area contributed by atoms with Crippen LogP contribution in [-0.2, 0) is 0 Å². The number of H-pyrrole nitrogens is 1. The first-order valence-electron chi connectivity index (χ1n) is 7.81. The summed E-state index contributed by atoms with van der Waals surface area (Å²) in [6, 6.07) is 18.8. The van der Waals surface area contributed by atoms with Crippen molar-refractivity contribution in [3.8, 4) is 5.75 Å². The summed E-state index contributed by atoms with van der Waals surface area (Å²) in [5.41, 5.74) is 3.20. The molecular formula is C20H15ClN2O2. The average Bonchev–Trinajstić information content (AvgIpc) is 2.99. The monoisotopic (exact) mass is 350 g/mol. The Morgan fingerprint density at radius 2 is 1.80 bits per heavy atom. The molecule has 1 amide bonds. The molecule has 0 saturated heterocycles. The van der Waals surface area contributed by atoms with Gasteiger partial charge in [0.2, 0.25) is 0 Å². The summed E-state index contributed by atoms with van der Waals surface area (Å²) in [5, 5.41) is 5.58. The van der Waals surface area contributed by atoms with E-state index >= 15 is 0 Å². The van der Waals surface area contributed by atoms with Gasteiger partial charge in [0.15, 0.2) is 0 Å². The lowest BCUT2D eigenvalue weighted by molar-refractivity contribution is 0.102. The molecule has 3 aromatic carbocycles. The highest BCUT2D eigenvalue weighted by atomic mass is 35.5. The van der Waals surface area contributed by atoms with Crippen molar-refractivity contribution in [2.75, 3.05) is 12.4 Å². The number of carbonyl (C=O) groups is 1. The van der Waals surface area contributed by atoms with Gasteiger partial charge in [0.1, 0.15) is 5.75 Å². The van der Waals surface area contributed by atoms with Crippen molar-refractivity contribution < 1.29 is 9.53 Å². The fourth-order valence-corrected chi connectivity index (χ4v) is 3.15. The molecule has 0 fully saturated rings. The van der Waals surface area contributed by atoms with Gasteiger partial charge in [0.05, 0.1) is 12.7 Å². The summed E-state index contributed by atoms with van der Waals surface area (Å²) in [5.74, 6) is 0.216. The van der Waals surface area contributed by atoms with Crippen LogP contribution in [0.2, 0.25) is 5.02 Å². The molecular weight excluding hydrogens is 336 g/mol. The van der Waals surface area contributed by atoms with Gasteiger partial charge < -0.3 is 15.0 Å². The molecule has 2 N–H and O–H groups in total. The minimum absolute atomic E-state index is 0.265. The van der Waals surface area contributed by atoms with E-state index < -0.39 is 0 Å². The number of ether oxygens (including phenoxy) is 1. The number of benzene rings is 3. The van der Waals surface area contributed by atoms with E-state index in [0.29, 0.717) is 22.0 Å². The van der Waals surface area contributed by atoms with Crippen molar-refractivity contribution in [3.05, 3.63) is 71.2 Å². The van der Waals surface area contributed by atoms with E-state index in [0.717, 1.165) is 21.8 Å². The molecule has 1 aromatic heterocycles. The van der Waals surface area contributed by atoms with Crippen LogP contribution in [0.25, 0.3) is 21.8 Å². The Morgan fingerprint density at radius 3 is 2.64 bits per heavy atom. The first-order valence-corrected chi connectivity index (χ1v) is 8.19. The van der Waals surface area contributed by atoms with Gasteiger partial charge in [-0.1, -0.05) is 29.8 Å². The topological polar surface area (TPSA) is 54.1 Å². The Hall–Kier alpha value is -2.98. The van der Waals surface area contributed by atoms with Gasteiger partial charge in [0.25, 0.3) is 5.91 Å². The van der Waals surface area contributed by atoms with E-state index in [4.69, 9.17) is 16.3 Å². The minimum Gasteiger partial charge on any atom is -0.496 e. The number of para-hydroxylation sites is 1. The fraction of sp³-hybridized carbons (Fsp3) is 0.0500. The normalized spacial score (nSPS) is 11.0. The van der Waals surface area contributed by atoms with Crippen LogP contribution in [0.15, 0.2) is 60.7 Å². The molecule has 1 heterocycles. The number of fused-ring (bicyclic) bond motifs is 3. The molecule has 0 aliphatic carbocycles. The summed E-state index contributed by atoms with van der Waals surface area (Å²) in [4.78, 5) is 16.0. The second-order valence-corrected chi connectivity index (χ2v) is 6.17. The number of rotatable bonds is 3. The molecule has 0 aliphatic rings. The predicted octanol–water partition coefficient (Wildman–Crippen LogP) is 5.24. The molecule has 4 nitrogen and oxygen atoms in total. The zero-order valence-corrected chi connectivity index (χ0v) is 14.2. The Bertz CT molecular complexity index is 1100. The van der Waals surface area contributed by atoms with E-state index in [2.05, 4.69) is 16.4 Å². The number of halogens is 1. The molecule has 0 atom stereocenters. The fourth-order valence-electron chi connectivity index (χ4n) is 2.98. The molecule has 0 radical (unpaired) electrons. The van der Waals surface area contributed by atoms with Crippen LogP contribution in [0.4, 0.5) is 5.69 Å². The highest BCUT2D eigenvalue weighted by Gasteiger charge is 2.14. The van der Waals surface area contributed by atoms with Crippen LogP contribution < -0.4 is 10.1 Å². The van der Waals surface area contributed by atoms with Gasteiger partial charge in [-0.25, -0.2) is 0 Å². The third-order valence-electron chi connectivity index (χ3n) is 4.17. The van der Waals surface area contributed by atoms with Crippen molar-refractivity contribution in [2.45, 2.75) is 0 Å². The Labute approximate surface area is 149 Å². The number of aromatic nitrogens is 1. The largest absolute Gasteiger partial charge is 0.496 e. The van der Waals surface area contributed by atoms with E-state index in [-0.39, 0.29) is 5.91 Å². The van der Waals surface area contributed by atoms with Crippen molar-refractivity contribution in [1.82, 2.24) is 4.98 Å². The zero-order valence-electron chi connectivity index (χ0n) is 13.5. The average molecular weight is 351 g/mol. The van der Waals surface area contributed by atoms with Crippen molar-refractivity contribution in [1.29, 1.82) is 0 Å². The number of hydrogen-bond donors (Lipinski definition) is 2. The SMILES string of the molecule is COc1ccc(Cl)cc1C(=O)Nc1ccc2[nH]c3ccccc3c2c1. The minimum atomic E-state index is -0.265. The predicted molar refractivity (Wildman–Crippen MR) is 102 cm³/mol. The van der Waals surface area contributed by atoms with E-state index in [1.807, 2.05) is 36.4 Å². The van der Waals surface area contributed by atoms with Gasteiger partial charge in [-0.2, -0.15) is 0 Å². The number of amides is 1. The van der Waals surface area contributed by atoms with Crippen LogP contribution in [0, 0.1) is 0 Å². The van der Waals surface area contributed by atoms with Crippen LogP contribution >= 0.6 is 11.6 Å². The summed E-state index contributed by atoms with van der Waals surface area (Å²) in [7, 11) is 1.53. The molecule has 0 unspecified atom stereocenters. The Morgan fingerprint density at radius 1 is 1.00 bits per heavy atom. The molecule has 124 valence electrons. The van der Waals surface area contributed by atoms with Gasteiger partial charge in [-0.3, -0.25) is 4.79 Å². The van der Waals surface area contributed by atoms with E-state index in [9.17, 15) is 4.79 Å². The van der Waals surface area contributed by atoms with Crippen LogP contribution in [0.5, 0.6) is 5.75 Å². The summed E-state index contributed by atoms with van der Waals surface area (Å²) in [6.45, 7) is 0. The number of carbonyl (C=O) groups excluding carboxylic acids is 1. The highest BCUT2D eigenvalue weighted by Crippen LogP contribution is 2.29. The summed E-state index contributed by atoms with van der Waals surface area (Å²) in [6.07, 6.45) is 0. The van der Waals surface area contributed by atoms with E-state index in [1.54, 1.807) is 18.2 Å². The standard InChI is InChI=1S/C20H15ClN2O2/c1-25-19-9-6-12(21)10-16(19)20(24)22-13-7-8-18-15(11-13)14-4-2-3-5-17(14)23-18/h2-11,23H,1H3,(H,22,24). The van der Waals surface area contributed by atoms with Crippen LogP contribution in [0.1, 0.15) is 10.4 Å². The summed E-state index contributed by atoms with van der Waals surface area (Å²) < 4.78 is 5.25. The highest BCUT2D eigenvalue weighted by molar-refractivity contribution is 6.31. The van der Waals surface area contributed by atoms with E-state index in [1.165, 1.54) is 7.11 Å². The molecule has 0 saturated carbocycles. The second kappa shape index (κ2) is 6.15. The van der Waals surface area contributed by atoms with Gasteiger partial charge >= 0.3 is 0 Å². The molecule has 0 bridgehead atoms. The molecule has 4 aromatic rings. The first kappa shape index (κ1) is 15.5. The smallest absolute Gasteiger partial charge is 0.259 e. The van der Waals surface area contributed by atoms with Crippen molar-refractivity contribution in [3.63, 3.8) is 0 Å². The van der Waals surface area contributed by atoms with Crippen molar-refractivity contribution >= 4 is 45.0 Å². The van der Waals surface area contributed by atoms with Crippen molar-refractivity contribution in [2.24, 2.45) is 0 Å². The first-order chi connectivity index (χ1) is 12.2. The molecule has 25 heavy (non-hydrogen) atoms. The number of nitrogens with one attached hydrogen (secondary N) is 2. The van der Waals surface area contributed by atoms with Gasteiger partial charge in [-0.15, -0.1) is 0 Å². The van der Waals surface area contributed by atoms with Crippen LogP contribution in [-0.4, -0.2) is 18.0 Å². The molecule has 0 spiro atoms. The van der Waals surface area contributed by atoms with Gasteiger partial charge in [0, 0.05) is 32.5 Å². The lowest BCUT2D eigenvalue weighted by Crippen LogP contribution is -2.13. The number of hydrogen-bond acceptors (Lipinski definition) is 2. The maximum absolute atomic E-state index is 12.6. The van der Waals surface area contributed by atoms with Gasteiger partial charge in [-0.05, 0) is 42.5 Å². The molecule has 5 heteroatoms. The third kappa shape index (κ3) is 2.81. The lowest BCUT2D eigenvalue weighted by Gasteiger charge is -2.10.